The second-order valence-electron chi connectivity index (χ2n) is 3.83. The Morgan fingerprint density at radius 2 is 1.78 bits per heavy atom. The van der Waals surface area contributed by atoms with Crippen molar-refractivity contribution in [3.63, 3.8) is 0 Å². The Hall–Kier alpha value is -1.39. The van der Waals surface area contributed by atoms with E-state index in [0.29, 0.717) is 6.54 Å². The summed E-state index contributed by atoms with van der Waals surface area (Å²) >= 11 is 1.24. The van der Waals surface area contributed by atoms with E-state index in [4.69, 9.17) is 5.73 Å². The molecule has 2 aromatic carbocycles. The Bertz CT molecular complexity index is 516. The lowest BCUT2D eigenvalue weighted by Gasteiger charge is -2.15. The minimum atomic E-state index is -0.442. The molecule has 0 aliphatic carbocycles. The van der Waals surface area contributed by atoms with E-state index in [1.165, 1.54) is 17.8 Å². The van der Waals surface area contributed by atoms with Crippen LogP contribution in [0.25, 0.3) is 0 Å². The number of nitrogens with two attached hydrogens (primary N) is 1. The maximum Gasteiger partial charge on any atom is 0.136 e. The molecule has 0 aromatic heterocycles. The van der Waals surface area contributed by atoms with Crippen molar-refractivity contribution in [2.75, 3.05) is 6.54 Å². The fraction of sp³-hybridized carbons (Fsp3) is 0.143. The highest BCUT2D eigenvalue weighted by molar-refractivity contribution is 7.99. The summed E-state index contributed by atoms with van der Waals surface area (Å²) < 4.78 is 26.6. The maximum atomic E-state index is 13.6. The molecule has 0 heterocycles. The number of rotatable bonds is 4. The first-order valence-electron chi connectivity index (χ1n) is 5.57. The molecule has 0 amide bonds. The van der Waals surface area contributed by atoms with Crippen molar-refractivity contribution in [1.82, 2.24) is 0 Å². The lowest BCUT2D eigenvalue weighted by molar-refractivity contribution is 0.576. The molecule has 2 rings (SSSR count). The molecule has 0 saturated carbocycles. The third-order valence-electron chi connectivity index (χ3n) is 2.55. The molecule has 1 unspecified atom stereocenters. The molecule has 0 spiro atoms. The monoisotopic (exact) mass is 265 g/mol. The molecule has 1 nitrogen and oxygen atoms in total. The smallest absolute Gasteiger partial charge is 0.136 e. The van der Waals surface area contributed by atoms with Crippen LogP contribution in [0.4, 0.5) is 8.78 Å². The van der Waals surface area contributed by atoms with Crippen molar-refractivity contribution < 1.29 is 8.78 Å². The first-order valence-corrected chi connectivity index (χ1v) is 6.45. The minimum absolute atomic E-state index is 0.0810. The highest BCUT2D eigenvalue weighted by Gasteiger charge is 2.14. The SMILES string of the molecule is NCC(Sc1cc(F)ccc1F)c1ccccc1. The normalized spacial score (nSPS) is 12.4. The first kappa shape index (κ1) is 13.1. The summed E-state index contributed by atoms with van der Waals surface area (Å²) in [6, 6.07) is 13.0. The fourth-order valence-corrected chi connectivity index (χ4v) is 2.70. The molecule has 18 heavy (non-hydrogen) atoms. The molecule has 0 fully saturated rings. The average molecular weight is 265 g/mol. The van der Waals surface area contributed by atoms with Crippen LogP contribution in [0.1, 0.15) is 10.8 Å². The van der Waals surface area contributed by atoms with E-state index >= 15 is 0 Å². The summed E-state index contributed by atoms with van der Waals surface area (Å²) in [5.74, 6) is -0.862. The molecular formula is C14H13F2NS. The van der Waals surface area contributed by atoms with E-state index in [2.05, 4.69) is 0 Å². The van der Waals surface area contributed by atoms with Gasteiger partial charge in [0, 0.05) is 16.7 Å². The summed E-state index contributed by atoms with van der Waals surface area (Å²) in [6.45, 7) is 0.366. The molecule has 0 aliphatic rings. The van der Waals surface area contributed by atoms with E-state index in [9.17, 15) is 8.78 Å². The number of benzene rings is 2. The minimum Gasteiger partial charge on any atom is -0.329 e. The van der Waals surface area contributed by atoms with Gasteiger partial charge in [-0.1, -0.05) is 30.3 Å². The largest absolute Gasteiger partial charge is 0.329 e. The van der Waals surface area contributed by atoms with Crippen LogP contribution in [0, 0.1) is 11.6 Å². The Kier molecular flexibility index (Phi) is 4.33. The topological polar surface area (TPSA) is 26.0 Å². The van der Waals surface area contributed by atoms with Crippen LogP contribution in [0.3, 0.4) is 0 Å². The number of hydrogen-bond donors (Lipinski definition) is 1. The van der Waals surface area contributed by atoms with Crippen molar-refractivity contribution >= 4 is 11.8 Å². The van der Waals surface area contributed by atoms with Gasteiger partial charge >= 0.3 is 0 Å². The lowest BCUT2D eigenvalue weighted by atomic mass is 10.1. The summed E-state index contributed by atoms with van der Waals surface area (Å²) in [5, 5.41) is -0.0810. The van der Waals surface area contributed by atoms with Gasteiger partial charge in [-0.3, -0.25) is 0 Å². The standard InChI is InChI=1S/C14H13F2NS/c15-11-6-7-12(16)13(8-11)18-14(9-17)10-4-2-1-3-5-10/h1-8,14H,9,17H2. The number of hydrogen-bond acceptors (Lipinski definition) is 2. The van der Waals surface area contributed by atoms with E-state index in [1.54, 1.807) is 0 Å². The Balaban J connectivity index is 2.23. The van der Waals surface area contributed by atoms with Crippen molar-refractivity contribution in [3.8, 4) is 0 Å². The molecule has 1 atom stereocenters. The van der Waals surface area contributed by atoms with Gasteiger partial charge in [0.05, 0.1) is 0 Å². The molecule has 2 aromatic rings. The van der Waals surface area contributed by atoms with Gasteiger partial charge in [0.1, 0.15) is 11.6 Å². The maximum absolute atomic E-state index is 13.6. The van der Waals surface area contributed by atoms with E-state index in [0.717, 1.165) is 17.7 Å². The van der Waals surface area contributed by atoms with Gasteiger partial charge in [-0.15, -0.1) is 11.8 Å². The van der Waals surface area contributed by atoms with Crippen molar-refractivity contribution in [2.45, 2.75) is 10.1 Å². The van der Waals surface area contributed by atoms with E-state index < -0.39 is 11.6 Å². The predicted molar refractivity (Wildman–Crippen MR) is 70.5 cm³/mol. The van der Waals surface area contributed by atoms with Gasteiger partial charge in [-0.25, -0.2) is 8.78 Å². The summed E-state index contributed by atoms with van der Waals surface area (Å²) in [6.07, 6.45) is 0. The Labute approximate surface area is 109 Å². The lowest BCUT2D eigenvalue weighted by Crippen LogP contribution is -2.09. The quantitative estimate of drug-likeness (QED) is 0.852. The molecule has 0 aliphatic heterocycles. The molecule has 4 heteroatoms. The van der Waals surface area contributed by atoms with Crippen molar-refractivity contribution in [2.24, 2.45) is 5.73 Å². The van der Waals surface area contributed by atoms with Crippen molar-refractivity contribution in [3.05, 3.63) is 65.7 Å². The molecule has 2 N–H and O–H groups in total. The molecular weight excluding hydrogens is 252 g/mol. The fourth-order valence-electron chi connectivity index (χ4n) is 1.64. The van der Waals surface area contributed by atoms with Gasteiger partial charge in [-0.05, 0) is 23.8 Å². The highest BCUT2D eigenvalue weighted by atomic mass is 32.2. The third-order valence-corrected chi connectivity index (χ3v) is 3.86. The van der Waals surface area contributed by atoms with Crippen LogP contribution in [0.5, 0.6) is 0 Å². The first-order chi connectivity index (χ1) is 8.70. The van der Waals surface area contributed by atoms with Gasteiger partial charge in [0.25, 0.3) is 0 Å². The second kappa shape index (κ2) is 5.98. The van der Waals surface area contributed by atoms with Crippen LogP contribution < -0.4 is 5.73 Å². The van der Waals surface area contributed by atoms with Gasteiger partial charge in [-0.2, -0.15) is 0 Å². The molecule has 94 valence electrons. The number of thioether (sulfide) groups is 1. The zero-order chi connectivity index (χ0) is 13.0. The van der Waals surface area contributed by atoms with Crippen molar-refractivity contribution in [1.29, 1.82) is 0 Å². The highest BCUT2D eigenvalue weighted by Crippen LogP contribution is 2.35. The van der Waals surface area contributed by atoms with Gasteiger partial charge < -0.3 is 5.73 Å². The molecule has 0 radical (unpaired) electrons. The zero-order valence-electron chi connectivity index (χ0n) is 9.64. The predicted octanol–water partition coefficient (Wildman–Crippen LogP) is 3.76. The van der Waals surface area contributed by atoms with Crippen LogP contribution in [0.15, 0.2) is 53.4 Å². The summed E-state index contributed by atoms with van der Waals surface area (Å²) in [7, 11) is 0. The molecule has 0 saturated heterocycles. The average Bonchev–Trinajstić information content (AvgIpc) is 2.41. The van der Waals surface area contributed by atoms with Crippen LogP contribution >= 0.6 is 11.8 Å². The van der Waals surface area contributed by atoms with Crippen LogP contribution in [0.2, 0.25) is 0 Å². The summed E-state index contributed by atoms with van der Waals surface area (Å²) in [5.41, 5.74) is 6.71. The van der Waals surface area contributed by atoms with Crippen LogP contribution in [-0.2, 0) is 0 Å². The zero-order valence-corrected chi connectivity index (χ0v) is 10.5. The van der Waals surface area contributed by atoms with Gasteiger partial charge in [0.2, 0.25) is 0 Å². The van der Waals surface area contributed by atoms with E-state index in [-0.39, 0.29) is 10.1 Å². The van der Waals surface area contributed by atoms with Gasteiger partial charge in [0.15, 0.2) is 0 Å². The van der Waals surface area contributed by atoms with E-state index in [1.807, 2.05) is 30.3 Å². The number of halogens is 2. The Morgan fingerprint density at radius 3 is 2.44 bits per heavy atom. The second-order valence-corrected chi connectivity index (χ2v) is 5.07. The summed E-state index contributed by atoms with van der Waals surface area (Å²) in [4.78, 5) is 0.286. The van der Waals surface area contributed by atoms with Crippen LogP contribution in [-0.4, -0.2) is 6.54 Å². The third kappa shape index (κ3) is 3.09. The molecule has 0 bridgehead atoms. The Morgan fingerprint density at radius 1 is 1.06 bits per heavy atom.